The first-order valence-corrected chi connectivity index (χ1v) is 9.72. The van der Waals surface area contributed by atoms with Crippen molar-refractivity contribution in [3.05, 3.63) is 35.9 Å². The second-order valence-corrected chi connectivity index (χ2v) is 7.52. The van der Waals surface area contributed by atoms with Gasteiger partial charge in [-0.2, -0.15) is 0 Å². The van der Waals surface area contributed by atoms with Crippen LogP contribution in [-0.4, -0.2) is 78.8 Å². The number of hydrogen-bond donors (Lipinski definition) is 0. The van der Waals surface area contributed by atoms with Crippen LogP contribution in [0.3, 0.4) is 0 Å². The number of piperazine rings is 1. The number of carbonyl (C=O) groups is 1. The van der Waals surface area contributed by atoms with Crippen LogP contribution in [0.25, 0.3) is 0 Å². The maximum atomic E-state index is 12.7. The minimum Gasteiger partial charge on any atom is -0.381 e. The minimum atomic E-state index is 0.265. The summed E-state index contributed by atoms with van der Waals surface area (Å²) in [6.45, 7) is 6.55. The van der Waals surface area contributed by atoms with Crippen LogP contribution in [0.4, 0.5) is 4.79 Å². The van der Waals surface area contributed by atoms with Crippen molar-refractivity contribution in [1.82, 2.24) is 14.7 Å². The van der Waals surface area contributed by atoms with Crippen LogP contribution in [-0.2, 0) is 11.2 Å². The van der Waals surface area contributed by atoms with Crippen molar-refractivity contribution in [1.29, 1.82) is 0 Å². The summed E-state index contributed by atoms with van der Waals surface area (Å²) >= 11 is 0. The highest BCUT2D eigenvalue weighted by Crippen LogP contribution is 2.26. The fourth-order valence-corrected chi connectivity index (χ4v) is 4.45. The van der Waals surface area contributed by atoms with E-state index in [2.05, 4.69) is 45.0 Å². The molecular weight excluding hydrogens is 314 g/mol. The number of amides is 2. The van der Waals surface area contributed by atoms with Gasteiger partial charge in [-0.1, -0.05) is 30.3 Å². The second-order valence-electron chi connectivity index (χ2n) is 7.52. The average Bonchev–Trinajstić information content (AvgIpc) is 2.99. The largest absolute Gasteiger partial charge is 0.381 e. The molecule has 0 aromatic heterocycles. The second kappa shape index (κ2) is 7.75. The molecule has 136 valence electrons. The number of rotatable bonds is 5. The Labute approximate surface area is 150 Å². The van der Waals surface area contributed by atoms with Crippen LogP contribution in [0.2, 0.25) is 0 Å². The predicted octanol–water partition coefficient (Wildman–Crippen LogP) is 2.22. The molecule has 5 nitrogen and oxygen atoms in total. The summed E-state index contributed by atoms with van der Waals surface area (Å²) in [6, 6.07) is 11.7. The van der Waals surface area contributed by atoms with Crippen molar-refractivity contribution in [2.45, 2.75) is 37.8 Å². The van der Waals surface area contributed by atoms with Crippen LogP contribution in [0.15, 0.2) is 30.3 Å². The molecule has 3 heterocycles. The molecule has 0 aliphatic carbocycles. The molecule has 4 rings (SSSR count). The molecule has 3 aliphatic heterocycles. The van der Waals surface area contributed by atoms with Gasteiger partial charge in [0.2, 0.25) is 0 Å². The minimum absolute atomic E-state index is 0.265. The topological polar surface area (TPSA) is 36.0 Å². The summed E-state index contributed by atoms with van der Waals surface area (Å²) in [6.07, 6.45) is 4.31. The molecule has 3 fully saturated rings. The summed E-state index contributed by atoms with van der Waals surface area (Å²) in [7, 11) is 0. The normalized spacial score (nSPS) is 25.4. The first-order valence-electron chi connectivity index (χ1n) is 9.72. The van der Waals surface area contributed by atoms with Gasteiger partial charge in [0.15, 0.2) is 0 Å². The van der Waals surface area contributed by atoms with E-state index in [9.17, 15) is 4.79 Å². The fourth-order valence-electron chi connectivity index (χ4n) is 4.45. The van der Waals surface area contributed by atoms with Crippen molar-refractivity contribution < 1.29 is 9.53 Å². The Kier molecular flexibility index (Phi) is 5.22. The summed E-state index contributed by atoms with van der Waals surface area (Å²) in [5, 5.41) is 0. The van der Waals surface area contributed by atoms with Crippen LogP contribution >= 0.6 is 0 Å². The van der Waals surface area contributed by atoms with Gasteiger partial charge in [-0.15, -0.1) is 0 Å². The van der Waals surface area contributed by atoms with E-state index >= 15 is 0 Å². The van der Waals surface area contributed by atoms with Gasteiger partial charge >= 0.3 is 6.03 Å². The number of carbonyl (C=O) groups excluding carboxylic acids is 1. The van der Waals surface area contributed by atoms with Crippen molar-refractivity contribution in [3.63, 3.8) is 0 Å². The third kappa shape index (κ3) is 3.82. The van der Waals surface area contributed by atoms with Crippen molar-refractivity contribution >= 4 is 6.03 Å². The first kappa shape index (κ1) is 16.9. The lowest BCUT2D eigenvalue weighted by Crippen LogP contribution is -2.52. The molecule has 2 amide bonds. The molecule has 1 aromatic rings. The Morgan fingerprint density at radius 1 is 0.960 bits per heavy atom. The van der Waals surface area contributed by atoms with E-state index in [-0.39, 0.29) is 6.03 Å². The van der Waals surface area contributed by atoms with Crippen molar-refractivity contribution in [2.75, 3.05) is 45.9 Å². The van der Waals surface area contributed by atoms with Gasteiger partial charge in [0.25, 0.3) is 0 Å². The molecule has 5 heteroatoms. The molecule has 1 atom stereocenters. The lowest BCUT2D eigenvalue weighted by molar-refractivity contribution is 0.0504. The smallest absolute Gasteiger partial charge is 0.320 e. The Bertz CT molecular complexity index is 574. The number of nitrogens with zero attached hydrogens (tertiary/aromatic N) is 3. The van der Waals surface area contributed by atoms with E-state index in [0.29, 0.717) is 12.1 Å². The quantitative estimate of drug-likeness (QED) is 0.822. The van der Waals surface area contributed by atoms with Gasteiger partial charge in [-0.25, -0.2) is 4.79 Å². The number of hydrogen-bond acceptors (Lipinski definition) is 3. The monoisotopic (exact) mass is 343 g/mol. The van der Waals surface area contributed by atoms with Gasteiger partial charge in [-0.3, -0.25) is 4.90 Å². The number of aryl methyl sites for hydroxylation is 1. The predicted molar refractivity (Wildman–Crippen MR) is 97.6 cm³/mol. The Morgan fingerprint density at radius 2 is 1.76 bits per heavy atom. The van der Waals surface area contributed by atoms with Gasteiger partial charge in [0.05, 0.1) is 6.04 Å². The summed E-state index contributed by atoms with van der Waals surface area (Å²) in [5.74, 6) is 0. The van der Waals surface area contributed by atoms with Crippen LogP contribution < -0.4 is 0 Å². The fraction of sp³-hybridized carbons (Fsp3) is 0.650. The molecule has 0 bridgehead atoms. The number of urea groups is 1. The number of fused-ring (bicyclic) bond motifs is 1. The highest BCUT2D eigenvalue weighted by Gasteiger charge is 2.43. The molecular formula is C20H29N3O2. The Balaban J connectivity index is 1.27. The van der Waals surface area contributed by atoms with E-state index in [4.69, 9.17) is 4.74 Å². The van der Waals surface area contributed by atoms with Gasteiger partial charge in [0.1, 0.15) is 0 Å². The van der Waals surface area contributed by atoms with Gasteiger partial charge in [0, 0.05) is 45.4 Å². The van der Waals surface area contributed by atoms with E-state index in [1.165, 1.54) is 12.0 Å². The molecule has 0 saturated carbocycles. The van der Waals surface area contributed by atoms with E-state index in [0.717, 1.165) is 65.2 Å². The third-order valence-electron chi connectivity index (χ3n) is 5.88. The molecule has 25 heavy (non-hydrogen) atoms. The highest BCUT2D eigenvalue weighted by atomic mass is 16.5. The molecule has 3 saturated heterocycles. The lowest BCUT2D eigenvalue weighted by atomic mass is 10.1. The molecule has 0 spiro atoms. The standard InChI is InChI=1S/C20H29N3O2/c24-20-22-12-11-21(10-4-7-17-5-2-1-3-6-17)15-19(22)16-23(20)18-8-13-25-14-9-18/h1-3,5-6,18-19H,4,7-16H2/t19-/m1/s1. The lowest BCUT2D eigenvalue weighted by Gasteiger charge is -2.36. The first-order chi connectivity index (χ1) is 12.3. The highest BCUT2D eigenvalue weighted by molar-refractivity contribution is 5.77. The SMILES string of the molecule is O=C1N(C2CCOCC2)C[C@H]2CN(CCCc3ccccc3)CCN12. The van der Waals surface area contributed by atoms with E-state index in [1.54, 1.807) is 0 Å². The summed E-state index contributed by atoms with van der Waals surface area (Å²) in [4.78, 5) is 19.5. The van der Waals surface area contributed by atoms with E-state index < -0.39 is 0 Å². The zero-order valence-electron chi connectivity index (χ0n) is 15.0. The zero-order valence-corrected chi connectivity index (χ0v) is 15.0. The van der Waals surface area contributed by atoms with E-state index in [1.807, 2.05) is 0 Å². The summed E-state index contributed by atoms with van der Waals surface area (Å²) < 4.78 is 5.45. The summed E-state index contributed by atoms with van der Waals surface area (Å²) in [5.41, 5.74) is 1.42. The molecule has 0 unspecified atom stereocenters. The zero-order chi connectivity index (χ0) is 17.1. The molecule has 1 aromatic carbocycles. The number of benzene rings is 1. The molecule has 0 N–H and O–H groups in total. The average molecular weight is 343 g/mol. The molecule has 3 aliphatic rings. The Morgan fingerprint density at radius 3 is 2.56 bits per heavy atom. The van der Waals surface area contributed by atoms with Gasteiger partial charge < -0.3 is 14.5 Å². The van der Waals surface area contributed by atoms with Crippen LogP contribution in [0, 0.1) is 0 Å². The maximum Gasteiger partial charge on any atom is 0.320 e. The van der Waals surface area contributed by atoms with Gasteiger partial charge in [-0.05, 0) is 37.8 Å². The van der Waals surface area contributed by atoms with Crippen LogP contribution in [0.1, 0.15) is 24.8 Å². The Hall–Kier alpha value is -1.59. The maximum absolute atomic E-state index is 12.7. The van der Waals surface area contributed by atoms with Crippen molar-refractivity contribution in [3.8, 4) is 0 Å². The third-order valence-corrected chi connectivity index (χ3v) is 5.88. The number of ether oxygens (including phenoxy) is 1. The van der Waals surface area contributed by atoms with Crippen molar-refractivity contribution in [2.24, 2.45) is 0 Å². The van der Waals surface area contributed by atoms with Crippen LogP contribution in [0.5, 0.6) is 0 Å². The molecule has 0 radical (unpaired) electrons.